The summed E-state index contributed by atoms with van der Waals surface area (Å²) in [7, 11) is 5.98. The van der Waals surface area contributed by atoms with Crippen molar-refractivity contribution in [2.45, 2.75) is 322 Å². The van der Waals surface area contributed by atoms with Gasteiger partial charge in [0.1, 0.15) is 13.2 Å². The van der Waals surface area contributed by atoms with Crippen molar-refractivity contribution in [3.05, 3.63) is 60.8 Å². The Morgan fingerprint density at radius 3 is 1.01 bits per heavy atom. The Morgan fingerprint density at radius 1 is 0.380 bits per heavy atom. The van der Waals surface area contributed by atoms with E-state index in [0.29, 0.717) is 17.4 Å². The fourth-order valence-electron chi connectivity index (χ4n) is 9.58. The molecule has 0 aromatic heterocycles. The molecule has 0 bridgehead atoms. The predicted molar refractivity (Wildman–Crippen MR) is 336 cm³/mol. The summed E-state index contributed by atoms with van der Waals surface area (Å²) in [5.41, 5.74) is 0. The average Bonchev–Trinajstić information content (AvgIpc) is 3.42. The maximum Gasteiger partial charge on any atom is 0.361 e. The topological polar surface area (TPSA) is 108 Å². The van der Waals surface area contributed by atoms with Crippen molar-refractivity contribution in [1.82, 2.24) is 0 Å². The lowest BCUT2D eigenvalue weighted by Gasteiger charge is -2.25. The van der Waals surface area contributed by atoms with E-state index < -0.39 is 24.3 Å². The molecule has 460 valence electrons. The summed E-state index contributed by atoms with van der Waals surface area (Å²) in [5, 5.41) is 9.73. The minimum absolute atomic E-state index is 0.183. The number of esters is 2. The third kappa shape index (κ3) is 62.4. The molecule has 2 atom stereocenters. The van der Waals surface area contributed by atoms with Crippen molar-refractivity contribution in [3.63, 3.8) is 0 Å². The molecule has 0 rings (SSSR count). The van der Waals surface area contributed by atoms with Gasteiger partial charge in [-0.3, -0.25) is 9.59 Å². The van der Waals surface area contributed by atoms with E-state index in [9.17, 15) is 19.5 Å². The fourth-order valence-corrected chi connectivity index (χ4v) is 9.58. The number of ether oxygens (including phenoxy) is 4. The molecule has 0 aromatic rings. The second-order valence-corrected chi connectivity index (χ2v) is 23.8. The van der Waals surface area contributed by atoms with Gasteiger partial charge in [0, 0.05) is 12.8 Å². The van der Waals surface area contributed by atoms with Gasteiger partial charge in [0.25, 0.3) is 6.29 Å². The first kappa shape index (κ1) is 76.0. The largest absolute Gasteiger partial charge is 0.477 e. The zero-order valence-electron chi connectivity index (χ0n) is 52.5. The number of nitrogens with zero attached hydrogens (tertiary/aromatic N) is 1. The molecule has 1 N–H and O–H groups in total. The number of hydrogen-bond acceptors (Lipinski definition) is 7. The first-order valence-corrected chi connectivity index (χ1v) is 33.5. The molecule has 0 aliphatic carbocycles. The van der Waals surface area contributed by atoms with Gasteiger partial charge in [0.05, 0.1) is 34.4 Å². The van der Waals surface area contributed by atoms with Crippen LogP contribution >= 0.6 is 0 Å². The minimum Gasteiger partial charge on any atom is -0.477 e. The number of likely N-dealkylation sites (N-methyl/N-ethyl adjacent to an activating group) is 1. The number of carbonyl (C=O) groups excluding carboxylic acids is 2. The highest BCUT2D eigenvalue weighted by Crippen LogP contribution is 2.17. The number of carbonyl (C=O) groups is 3. The monoisotopic (exact) mass is 1110 g/mol. The maximum atomic E-state index is 12.9. The molecule has 0 aliphatic heterocycles. The van der Waals surface area contributed by atoms with Crippen molar-refractivity contribution in [2.24, 2.45) is 0 Å². The zero-order valence-corrected chi connectivity index (χ0v) is 52.5. The molecule has 0 heterocycles. The Balaban J connectivity index is 4.14. The Labute approximate surface area is 488 Å². The molecule has 0 aromatic carbocycles. The zero-order chi connectivity index (χ0) is 57.6. The van der Waals surface area contributed by atoms with Crippen molar-refractivity contribution in [3.8, 4) is 0 Å². The highest BCUT2D eigenvalue weighted by Gasteiger charge is 2.25. The number of carboxylic acid groups (broad SMARTS) is 1. The molecule has 0 saturated heterocycles. The van der Waals surface area contributed by atoms with E-state index in [4.69, 9.17) is 18.9 Å². The highest BCUT2D eigenvalue weighted by molar-refractivity contribution is 5.71. The smallest absolute Gasteiger partial charge is 0.361 e. The number of allylic oxidation sites excluding steroid dienone is 10. The summed E-state index contributed by atoms with van der Waals surface area (Å²) in [6.07, 6.45) is 76.0. The summed E-state index contributed by atoms with van der Waals surface area (Å²) < 4.78 is 23.0. The van der Waals surface area contributed by atoms with Crippen molar-refractivity contribution in [2.75, 3.05) is 47.5 Å². The lowest BCUT2D eigenvalue weighted by molar-refractivity contribution is -0.870. The summed E-state index contributed by atoms with van der Waals surface area (Å²) in [4.78, 5) is 37.6. The maximum absolute atomic E-state index is 12.9. The molecule has 0 saturated carbocycles. The lowest BCUT2D eigenvalue weighted by atomic mass is 10.0. The first-order chi connectivity index (χ1) is 38.6. The van der Waals surface area contributed by atoms with Crippen molar-refractivity contribution < 1.29 is 42.9 Å². The van der Waals surface area contributed by atoms with Gasteiger partial charge in [-0.2, -0.15) is 0 Å². The minimum atomic E-state index is -1.51. The Morgan fingerprint density at radius 2 is 0.684 bits per heavy atom. The van der Waals surface area contributed by atoms with E-state index in [0.717, 1.165) is 64.2 Å². The van der Waals surface area contributed by atoms with Crippen LogP contribution < -0.4 is 0 Å². The summed E-state index contributed by atoms with van der Waals surface area (Å²) >= 11 is 0. The summed E-state index contributed by atoms with van der Waals surface area (Å²) in [6.45, 7) is 4.89. The van der Waals surface area contributed by atoms with Crippen LogP contribution in [-0.4, -0.2) is 87.4 Å². The Kier molecular flexibility index (Phi) is 58.7. The average molecular weight is 1110 g/mol. The molecule has 9 heteroatoms. The van der Waals surface area contributed by atoms with Crippen LogP contribution in [0.15, 0.2) is 60.8 Å². The quantitative estimate of drug-likeness (QED) is 0.0211. The molecule has 0 fully saturated rings. The number of aliphatic carboxylic acids is 1. The number of rotatable bonds is 62. The van der Waals surface area contributed by atoms with Crippen molar-refractivity contribution in [1.29, 1.82) is 0 Å². The summed E-state index contributed by atoms with van der Waals surface area (Å²) in [5.74, 6) is -2.00. The van der Waals surface area contributed by atoms with Crippen LogP contribution in [0.5, 0.6) is 0 Å². The SMILES string of the molecule is CCCCCCC/C=C\C/C=C\C/C=C\CCCCCCCCCCCCC(=O)OC(COC(=O)CCCCCCCCCCCCCCCCCCC/C=C\C/C=C\CCCCCCC)COC(OCC[N+](C)(C)C)C(=O)O. The van der Waals surface area contributed by atoms with Crippen LogP contribution in [0.1, 0.15) is 309 Å². The van der Waals surface area contributed by atoms with Crippen LogP contribution in [0.25, 0.3) is 0 Å². The second kappa shape index (κ2) is 61.1. The first-order valence-electron chi connectivity index (χ1n) is 33.5. The number of quaternary nitrogens is 1. The van der Waals surface area contributed by atoms with Crippen LogP contribution in [0.4, 0.5) is 0 Å². The molecule has 0 spiro atoms. The van der Waals surface area contributed by atoms with E-state index in [1.165, 1.54) is 218 Å². The lowest BCUT2D eigenvalue weighted by Crippen LogP contribution is -2.40. The van der Waals surface area contributed by atoms with E-state index in [2.05, 4.69) is 74.6 Å². The van der Waals surface area contributed by atoms with Gasteiger partial charge < -0.3 is 28.5 Å². The third-order valence-electron chi connectivity index (χ3n) is 14.7. The highest BCUT2D eigenvalue weighted by atomic mass is 16.7. The second-order valence-electron chi connectivity index (χ2n) is 23.8. The number of hydrogen-bond donors (Lipinski definition) is 1. The van der Waals surface area contributed by atoms with Crippen molar-refractivity contribution >= 4 is 17.9 Å². The van der Waals surface area contributed by atoms with E-state index in [1.54, 1.807) is 0 Å². The molecule has 0 aliphatic rings. The predicted octanol–water partition coefficient (Wildman–Crippen LogP) is 20.4. The van der Waals surface area contributed by atoms with Crippen LogP contribution in [0.3, 0.4) is 0 Å². The van der Waals surface area contributed by atoms with Gasteiger partial charge in [-0.05, 0) is 83.5 Å². The molecule has 9 nitrogen and oxygen atoms in total. The molecule has 0 amide bonds. The standard InChI is InChI=1S/C70H127NO8/c1-6-8-10-12-14-16-18-20-22-24-26-28-30-32-33-34-35-37-38-40-42-44-46-48-50-52-54-56-58-60-67(72)77-64-66(65-78-70(69(74)75)76-63-62-71(3,4)5)79-68(73)61-59-57-55-53-51-49-47-45-43-41-39-36-31-29-27-25-23-21-19-17-15-13-11-9-7-2/h18-21,24-27,31,36,66,70H,6-17,22-23,28-30,32-35,37-65H2,1-5H3/p+1/b20-18-,21-19-,26-24-,27-25-,36-31-. The molecule has 0 radical (unpaired) electrons. The van der Waals surface area contributed by atoms with E-state index in [-0.39, 0.29) is 32.2 Å². The van der Waals surface area contributed by atoms with Gasteiger partial charge in [0.15, 0.2) is 6.10 Å². The van der Waals surface area contributed by atoms with Gasteiger partial charge >= 0.3 is 17.9 Å². The normalized spacial score (nSPS) is 13.1. The van der Waals surface area contributed by atoms with Gasteiger partial charge in [0.2, 0.25) is 0 Å². The summed E-state index contributed by atoms with van der Waals surface area (Å²) in [6, 6.07) is 0. The number of unbranched alkanes of at least 4 members (excludes halogenated alkanes) is 37. The van der Waals surface area contributed by atoms with Crippen LogP contribution in [0.2, 0.25) is 0 Å². The molecular formula is C70H128NO8+. The van der Waals surface area contributed by atoms with E-state index in [1.807, 2.05) is 21.1 Å². The van der Waals surface area contributed by atoms with Gasteiger partial charge in [-0.15, -0.1) is 0 Å². The molecule has 2 unspecified atom stereocenters. The Bertz CT molecular complexity index is 1480. The van der Waals surface area contributed by atoms with Crippen LogP contribution in [0, 0.1) is 0 Å². The van der Waals surface area contributed by atoms with Gasteiger partial charge in [-0.25, -0.2) is 4.79 Å². The third-order valence-corrected chi connectivity index (χ3v) is 14.7. The number of carboxylic acids is 1. The molecule has 79 heavy (non-hydrogen) atoms. The fraction of sp³-hybridized carbons (Fsp3) is 0.814. The van der Waals surface area contributed by atoms with E-state index >= 15 is 0 Å². The van der Waals surface area contributed by atoms with Gasteiger partial charge in [-0.1, -0.05) is 274 Å². The van der Waals surface area contributed by atoms with Crippen LogP contribution in [-0.2, 0) is 33.3 Å². The molecular weight excluding hydrogens is 983 g/mol. The Hall–Kier alpha value is -3.01.